The van der Waals surface area contributed by atoms with Crippen LogP contribution in [0.15, 0.2) is 23.1 Å². The molecule has 7 nitrogen and oxygen atoms in total. The molecule has 0 saturated carbocycles. The number of nitrogens with zero attached hydrogens (tertiary/aromatic N) is 1. The number of aromatic carboxylic acids is 1. The molecule has 0 aliphatic carbocycles. The molecule has 0 aromatic heterocycles. The Bertz CT molecular complexity index is 586. The fraction of sp³-hybridized carbons (Fsp3) is 0.417. The minimum Gasteiger partial charge on any atom is -0.478 e. The van der Waals surface area contributed by atoms with Crippen LogP contribution in [0.1, 0.15) is 16.8 Å². The summed E-state index contributed by atoms with van der Waals surface area (Å²) in [5.41, 5.74) is 0.379. The van der Waals surface area contributed by atoms with Gasteiger partial charge in [-0.25, -0.2) is 18.4 Å². The number of nitrogens with one attached hydrogen (secondary N) is 1. The van der Waals surface area contributed by atoms with E-state index in [1.165, 1.54) is 12.1 Å². The van der Waals surface area contributed by atoms with Crippen LogP contribution in [0, 0.1) is 0 Å². The summed E-state index contributed by atoms with van der Waals surface area (Å²) in [6, 6.07) is 3.86. The lowest BCUT2D eigenvalue weighted by Gasteiger charge is -2.21. The summed E-state index contributed by atoms with van der Waals surface area (Å²) >= 11 is 0. The number of rotatable bonds is 7. The summed E-state index contributed by atoms with van der Waals surface area (Å²) in [6.07, 6.45) is 0.836. The molecule has 112 valence electrons. The quantitative estimate of drug-likeness (QED) is 0.615. The van der Waals surface area contributed by atoms with E-state index in [-0.39, 0.29) is 10.5 Å². The molecule has 0 unspecified atom stereocenters. The zero-order chi connectivity index (χ0) is 15.3. The van der Waals surface area contributed by atoms with Gasteiger partial charge >= 0.3 is 5.97 Å². The summed E-state index contributed by atoms with van der Waals surface area (Å²) < 4.78 is 22.5. The topological polar surface area (TPSA) is 113 Å². The number of primary sulfonamides is 1. The van der Waals surface area contributed by atoms with Crippen molar-refractivity contribution in [2.24, 2.45) is 5.14 Å². The Balaban J connectivity index is 3.11. The van der Waals surface area contributed by atoms with Crippen molar-refractivity contribution < 1.29 is 18.3 Å². The van der Waals surface area contributed by atoms with Crippen LogP contribution in [0.4, 0.5) is 5.69 Å². The van der Waals surface area contributed by atoms with Gasteiger partial charge in [-0.1, -0.05) is 0 Å². The summed E-state index contributed by atoms with van der Waals surface area (Å²) in [4.78, 5) is 12.8. The predicted molar refractivity (Wildman–Crippen MR) is 76.6 cm³/mol. The van der Waals surface area contributed by atoms with Gasteiger partial charge in [0.1, 0.15) is 0 Å². The third-order valence-electron chi connectivity index (χ3n) is 2.86. The molecule has 20 heavy (non-hydrogen) atoms. The molecule has 0 spiro atoms. The number of benzene rings is 1. The Kier molecular flexibility index (Phi) is 5.49. The zero-order valence-corrected chi connectivity index (χ0v) is 12.3. The summed E-state index contributed by atoms with van der Waals surface area (Å²) in [6.45, 7) is 1.46. The number of carbonyl (C=O) groups is 1. The number of carboxylic acid groups (broad SMARTS) is 1. The van der Waals surface area contributed by atoms with Crippen molar-refractivity contribution in [2.45, 2.75) is 11.3 Å². The van der Waals surface area contributed by atoms with Gasteiger partial charge < -0.3 is 15.3 Å². The van der Waals surface area contributed by atoms with E-state index in [2.05, 4.69) is 5.32 Å². The summed E-state index contributed by atoms with van der Waals surface area (Å²) in [7, 11) is -0.319. The van der Waals surface area contributed by atoms with E-state index in [1.807, 2.05) is 7.05 Å². The maximum absolute atomic E-state index is 11.3. The molecule has 1 aromatic rings. The van der Waals surface area contributed by atoms with E-state index >= 15 is 0 Å². The number of nitrogens with two attached hydrogens (primary N) is 1. The molecule has 0 bridgehead atoms. The molecular weight excluding hydrogens is 282 g/mol. The van der Waals surface area contributed by atoms with Crippen molar-refractivity contribution in [3.05, 3.63) is 23.8 Å². The second-order valence-electron chi connectivity index (χ2n) is 4.41. The Labute approximate surface area is 118 Å². The highest BCUT2D eigenvalue weighted by Crippen LogP contribution is 2.23. The van der Waals surface area contributed by atoms with Gasteiger partial charge in [0, 0.05) is 13.6 Å². The Hall–Kier alpha value is -1.64. The van der Waals surface area contributed by atoms with E-state index in [0.717, 1.165) is 19.0 Å². The van der Waals surface area contributed by atoms with Crippen LogP contribution >= 0.6 is 0 Å². The summed E-state index contributed by atoms with van der Waals surface area (Å²) in [5, 5.41) is 17.2. The fourth-order valence-corrected chi connectivity index (χ4v) is 2.35. The molecular formula is C12H19N3O4S. The third-order valence-corrected chi connectivity index (χ3v) is 3.77. The van der Waals surface area contributed by atoms with Crippen molar-refractivity contribution >= 4 is 21.7 Å². The van der Waals surface area contributed by atoms with Crippen LogP contribution in [0.25, 0.3) is 0 Å². The molecule has 4 N–H and O–H groups in total. The molecule has 1 aromatic carbocycles. The normalized spacial score (nSPS) is 11.3. The van der Waals surface area contributed by atoms with Crippen molar-refractivity contribution in [1.29, 1.82) is 0 Å². The second kappa shape index (κ2) is 6.69. The Morgan fingerprint density at radius 3 is 2.60 bits per heavy atom. The number of hydrogen-bond acceptors (Lipinski definition) is 5. The van der Waals surface area contributed by atoms with Crippen molar-refractivity contribution in [3.63, 3.8) is 0 Å². The van der Waals surface area contributed by atoms with Crippen molar-refractivity contribution in [2.75, 3.05) is 32.1 Å². The van der Waals surface area contributed by atoms with E-state index < -0.39 is 16.0 Å². The van der Waals surface area contributed by atoms with E-state index in [1.54, 1.807) is 11.9 Å². The monoisotopic (exact) mass is 301 g/mol. The van der Waals surface area contributed by atoms with Crippen molar-refractivity contribution in [3.8, 4) is 0 Å². The van der Waals surface area contributed by atoms with Crippen molar-refractivity contribution in [1.82, 2.24) is 5.32 Å². The standard InChI is InChI=1S/C12H19N3O4S/c1-14-6-3-7-15(2)11-5-4-9(20(13,18)19)8-10(11)12(16)17/h4-5,8,14H,3,6-7H2,1-2H3,(H,16,17)(H2,13,18,19). The third kappa shape index (κ3) is 4.19. The van der Waals surface area contributed by atoms with E-state index in [0.29, 0.717) is 12.2 Å². The lowest BCUT2D eigenvalue weighted by atomic mass is 10.1. The van der Waals surface area contributed by atoms with Gasteiger partial charge in [0.05, 0.1) is 16.1 Å². The SMILES string of the molecule is CNCCCN(C)c1ccc(S(N)(=O)=O)cc1C(=O)O. The first-order chi connectivity index (χ1) is 9.27. The van der Waals surface area contributed by atoms with Gasteiger partial charge in [-0.05, 0) is 38.2 Å². The maximum Gasteiger partial charge on any atom is 0.337 e. The first-order valence-electron chi connectivity index (χ1n) is 6.03. The zero-order valence-electron chi connectivity index (χ0n) is 11.5. The maximum atomic E-state index is 11.3. The molecule has 0 aliphatic rings. The Morgan fingerprint density at radius 2 is 2.10 bits per heavy atom. The van der Waals surface area contributed by atoms with Gasteiger partial charge in [-0.15, -0.1) is 0 Å². The molecule has 0 aliphatic heterocycles. The lowest BCUT2D eigenvalue weighted by Crippen LogP contribution is -2.24. The number of anilines is 1. The second-order valence-corrected chi connectivity index (χ2v) is 5.97. The molecule has 0 heterocycles. The molecule has 0 atom stereocenters. The highest BCUT2D eigenvalue weighted by Gasteiger charge is 2.17. The van der Waals surface area contributed by atoms with E-state index in [4.69, 9.17) is 5.14 Å². The van der Waals surface area contributed by atoms with Crippen LogP contribution in [0.3, 0.4) is 0 Å². The van der Waals surface area contributed by atoms with Gasteiger partial charge in [0.15, 0.2) is 0 Å². The molecule has 1 rings (SSSR count). The van der Waals surface area contributed by atoms with E-state index in [9.17, 15) is 18.3 Å². The fourth-order valence-electron chi connectivity index (χ4n) is 1.81. The summed E-state index contributed by atoms with van der Waals surface area (Å²) in [5.74, 6) is -1.19. The first kappa shape index (κ1) is 16.4. The Morgan fingerprint density at radius 1 is 1.45 bits per heavy atom. The average molecular weight is 301 g/mol. The van der Waals surface area contributed by atoms with Gasteiger partial charge in [0.2, 0.25) is 10.0 Å². The number of sulfonamides is 1. The van der Waals surface area contributed by atoms with Gasteiger partial charge in [-0.2, -0.15) is 0 Å². The lowest BCUT2D eigenvalue weighted by molar-refractivity contribution is 0.0697. The molecule has 8 heteroatoms. The van der Waals surface area contributed by atoms with Crippen LogP contribution in [0.5, 0.6) is 0 Å². The molecule has 0 saturated heterocycles. The van der Waals surface area contributed by atoms with Crippen LogP contribution < -0.4 is 15.4 Å². The first-order valence-corrected chi connectivity index (χ1v) is 7.58. The van der Waals surface area contributed by atoms with Crippen LogP contribution in [-0.4, -0.2) is 46.7 Å². The predicted octanol–water partition coefficient (Wildman–Crippen LogP) is 0.0779. The van der Waals surface area contributed by atoms with Crippen LogP contribution in [-0.2, 0) is 10.0 Å². The highest BCUT2D eigenvalue weighted by molar-refractivity contribution is 7.89. The minimum absolute atomic E-state index is 0.0801. The molecule has 0 amide bonds. The van der Waals surface area contributed by atoms with Gasteiger partial charge in [0.25, 0.3) is 0 Å². The number of carboxylic acids is 1. The number of hydrogen-bond donors (Lipinski definition) is 3. The minimum atomic E-state index is -3.91. The molecule has 0 fully saturated rings. The van der Waals surface area contributed by atoms with Crippen LogP contribution in [0.2, 0.25) is 0 Å². The van der Waals surface area contributed by atoms with Gasteiger partial charge in [-0.3, -0.25) is 0 Å². The largest absolute Gasteiger partial charge is 0.478 e. The average Bonchev–Trinajstić information content (AvgIpc) is 2.37. The molecule has 0 radical (unpaired) electrons. The smallest absolute Gasteiger partial charge is 0.337 e. The highest BCUT2D eigenvalue weighted by atomic mass is 32.2.